The summed E-state index contributed by atoms with van der Waals surface area (Å²) in [5.41, 5.74) is 11.9. The van der Waals surface area contributed by atoms with Crippen LogP contribution in [0.2, 0.25) is 0 Å². The highest BCUT2D eigenvalue weighted by atomic mass is 19.4. The number of alkyl halides is 3. The number of primary amides is 1. The van der Waals surface area contributed by atoms with Gasteiger partial charge in [-0.1, -0.05) is 12.1 Å². The van der Waals surface area contributed by atoms with Crippen molar-refractivity contribution in [3.63, 3.8) is 0 Å². The van der Waals surface area contributed by atoms with Crippen LogP contribution in [0.1, 0.15) is 67.6 Å². The van der Waals surface area contributed by atoms with Crippen molar-refractivity contribution in [1.29, 1.82) is 0 Å². The van der Waals surface area contributed by atoms with Gasteiger partial charge in [0.25, 0.3) is 5.91 Å². The normalized spacial score (nSPS) is 21.1. The molecule has 2 aliphatic rings. The van der Waals surface area contributed by atoms with E-state index in [1.807, 2.05) is 20.8 Å². The van der Waals surface area contributed by atoms with Crippen molar-refractivity contribution >= 4 is 17.8 Å². The average Bonchev–Trinajstić information content (AvgIpc) is 3.54. The van der Waals surface area contributed by atoms with E-state index in [1.54, 1.807) is 21.8 Å². The Kier molecular flexibility index (Phi) is 6.58. The maximum absolute atomic E-state index is 13.1. The molecule has 10 nitrogen and oxygen atoms in total. The minimum atomic E-state index is -4.45. The Morgan fingerprint density at radius 3 is 2.58 bits per heavy atom. The Labute approximate surface area is 229 Å². The van der Waals surface area contributed by atoms with E-state index in [1.165, 1.54) is 16.9 Å². The van der Waals surface area contributed by atoms with Crippen LogP contribution in [0.15, 0.2) is 36.7 Å². The van der Waals surface area contributed by atoms with Crippen molar-refractivity contribution in [3.8, 4) is 11.3 Å². The summed E-state index contributed by atoms with van der Waals surface area (Å²) in [6.45, 7) is 6.78. The molecular formula is C27H32F3N7O3. The lowest BCUT2D eigenvalue weighted by atomic mass is 9.65. The summed E-state index contributed by atoms with van der Waals surface area (Å²) in [5.74, 6) is -0.592. The average molecular weight is 560 g/mol. The minimum Gasteiger partial charge on any atom is -0.444 e. The van der Waals surface area contributed by atoms with Gasteiger partial charge in [-0.25, -0.2) is 9.48 Å². The Morgan fingerprint density at radius 1 is 1.20 bits per heavy atom. The van der Waals surface area contributed by atoms with E-state index in [0.717, 1.165) is 31.4 Å². The maximum atomic E-state index is 13.1. The highest BCUT2D eigenvalue weighted by Gasteiger charge is 2.51. The molecule has 1 aromatic carbocycles. The van der Waals surface area contributed by atoms with Crippen molar-refractivity contribution in [2.45, 2.75) is 64.4 Å². The monoisotopic (exact) mass is 559 g/mol. The van der Waals surface area contributed by atoms with Crippen LogP contribution in [0, 0.1) is 5.41 Å². The van der Waals surface area contributed by atoms with Gasteiger partial charge in [0.2, 0.25) is 0 Å². The Bertz CT molecular complexity index is 1450. The van der Waals surface area contributed by atoms with Gasteiger partial charge < -0.3 is 21.1 Å². The summed E-state index contributed by atoms with van der Waals surface area (Å²) in [5, 5.41) is 8.88. The van der Waals surface area contributed by atoms with E-state index in [4.69, 9.17) is 16.2 Å². The number of anilines is 1. The number of halogens is 3. The Balaban J connectivity index is 1.32. The fourth-order valence-corrected chi connectivity index (χ4v) is 5.64. The Hall–Kier alpha value is -4.03. The number of nitrogens with two attached hydrogens (primary N) is 2. The summed E-state index contributed by atoms with van der Waals surface area (Å²) in [7, 11) is 0. The first kappa shape index (κ1) is 27.5. The lowest BCUT2D eigenvalue weighted by molar-refractivity contribution is -0.137. The molecule has 1 spiro atoms. The standard InChI is InChI=1S/C27H32F3N7O3/c1-25(2,3)40-24(39)35-8-7-26(15-35)10-19(11-26)37-22(31)20(23(32)38)21(34-37)17-12-33-36(14-17)13-16-5-4-6-18(9-16)27(28,29)30/h4-6,9,12,14,19H,7-8,10-11,13,15,31H2,1-3H3,(H2,32,38)/t19-,26-. The summed E-state index contributed by atoms with van der Waals surface area (Å²) in [4.78, 5) is 26.6. The first-order valence-electron chi connectivity index (χ1n) is 13.0. The number of likely N-dealkylation sites (tertiary alicyclic amines) is 1. The zero-order chi connectivity index (χ0) is 29.0. The van der Waals surface area contributed by atoms with Gasteiger partial charge in [0.05, 0.1) is 24.3 Å². The smallest absolute Gasteiger partial charge is 0.416 e. The van der Waals surface area contributed by atoms with E-state index in [9.17, 15) is 22.8 Å². The van der Waals surface area contributed by atoms with Gasteiger partial charge in [-0.3, -0.25) is 9.48 Å². The molecular weight excluding hydrogens is 527 g/mol. The van der Waals surface area contributed by atoms with Crippen molar-refractivity contribution < 1.29 is 27.5 Å². The van der Waals surface area contributed by atoms with Crippen molar-refractivity contribution in [1.82, 2.24) is 24.5 Å². The maximum Gasteiger partial charge on any atom is 0.416 e. The number of nitrogen functional groups attached to an aromatic ring is 1. The molecule has 1 saturated heterocycles. The molecule has 0 radical (unpaired) electrons. The molecule has 214 valence electrons. The first-order chi connectivity index (χ1) is 18.6. The van der Waals surface area contributed by atoms with E-state index in [0.29, 0.717) is 24.2 Å². The van der Waals surface area contributed by atoms with Gasteiger partial charge in [-0.15, -0.1) is 0 Å². The fourth-order valence-electron chi connectivity index (χ4n) is 5.64. The molecule has 1 saturated carbocycles. The second-order valence-electron chi connectivity index (χ2n) is 11.8. The van der Waals surface area contributed by atoms with Gasteiger partial charge in [-0.05, 0) is 63.1 Å². The summed E-state index contributed by atoms with van der Waals surface area (Å²) >= 11 is 0. The van der Waals surface area contributed by atoms with Crippen molar-refractivity contribution in [2.75, 3.05) is 18.8 Å². The van der Waals surface area contributed by atoms with E-state index in [-0.39, 0.29) is 41.2 Å². The van der Waals surface area contributed by atoms with E-state index in [2.05, 4.69) is 10.2 Å². The van der Waals surface area contributed by atoms with Crippen molar-refractivity contribution in [3.05, 3.63) is 53.3 Å². The van der Waals surface area contributed by atoms with Gasteiger partial charge in [0.1, 0.15) is 22.7 Å². The number of carbonyl (C=O) groups excluding carboxylic acids is 2. The molecule has 2 fully saturated rings. The third kappa shape index (κ3) is 5.36. The quantitative estimate of drug-likeness (QED) is 0.474. The summed E-state index contributed by atoms with van der Waals surface area (Å²) < 4.78 is 47.9. The summed E-state index contributed by atoms with van der Waals surface area (Å²) in [6, 6.07) is 4.93. The van der Waals surface area contributed by atoms with Crippen LogP contribution in [0.4, 0.5) is 23.8 Å². The molecule has 5 rings (SSSR count). The predicted octanol–water partition coefficient (Wildman–Crippen LogP) is 4.46. The molecule has 40 heavy (non-hydrogen) atoms. The van der Waals surface area contributed by atoms with Crippen LogP contribution in [0.5, 0.6) is 0 Å². The molecule has 4 N–H and O–H groups in total. The van der Waals surface area contributed by atoms with Crippen molar-refractivity contribution in [2.24, 2.45) is 11.1 Å². The van der Waals surface area contributed by atoms with Crippen LogP contribution in [0.3, 0.4) is 0 Å². The topological polar surface area (TPSA) is 134 Å². The lowest BCUT2D eigenvalue weighted by Crippen LogP contribution is -2.43. The number of hydrogen-bond acceptors (Lipinski definition) is 6. The van der Waals surface area contributed by atoms with Gasteiger partial charge in [-0.2, -0.15) is 23.4 Å². The molecule has 1 aliphatic carbocycles. The SMILES string of the molecule is CC(C)(C)OC(=O)N1CC[C@]2(C1)C[C@H](n1nc(-c3cnn(Cc4cccc(C(F)(F)F)c4)c3)c(C(N)=O)c1N)C2. The van der Waals surface area contributed by atoms with E-state index < -0.39 is 23.2 Å². The van der Waals surface area contributed by atoms with Crippen LogP contribution >= 0.6 is 0 Å². The number of aromatic nitrogens is 4. The van der Waals surface area contributed by atoms with Crippen LogP contribution < -0.4 is 11.5 Å². The highest BCUT2D eigenvalue weighted by molar-refractivity contribution is 6.03. The lowest BCUT2D eigenvalue weighted by Gasteiger charge is -2.45. The minimum absolute atomic E-state index is 0.0666. The van der Waals surface area contributed by atoms with Gasteiger partial charge in [0.15, 0.2) is 0 Å². The largest absolute Gasteiger partial charge is 0.444 e. The van der Waals surface area contributed by atoms with Gasteiger partial charge >= 0.3 is 12.3 Å². The van der Waals surface area contributed by atoms with Crippen LogP contribution in [0.25, 0.3) is 11.3 Å². The molecule has 0 bridgehead atoms. The molecule has 2 aromatic heterocycles. The zero-order valence-electron chi connectivity index (χ0n) is 22.5. The first-order valence-corrected chi connectivity index (χ1v) is 13.0. The third-order valence-electron chi connectivity index (χ3n) is 7.47. The fraction of sp³-hybridized carbons (Fsp3) is 0.481. The third-order valence-corrected chi connectivity index (χ3v) is 7.47. The molecule has 3 aromatic rings. The number of rotatable bonds is 5. The van der Waals surface area contributed by atoms with E-state index >= 15 is 0 Å². The number of carbonyl (C=O) groups is 2. The number of hydrogen-bond donors (Lipinski definition) is 2. The number of benzene rings is 1. The molecule has 0 unspecified atom stereocenters. The summed E-state index contributed by atoms with van der Waals surface area (Å²) in [6.07, 6.45) is 0.586. The Morgan fingerprint density at radius 2 is 1.93 bits per heavy atom. The molecule has 1 aliphatic heterocycles. The zero-order valence-corrected chi connectivity index (χ0v) is 22.5. The molecule has 13 heteroatoms. The second kappa shape index (κ2) is 9.56. The van der Waals surface area contributed by atoms with Gasteiger partial charge in [0, 0.05) is 24.8 Å². The number of nitrogens with zero attached hydrogens (tertiary/aromatic N) is 5. The number of amides is 2. The predicted molar refractivity (Wildman–Crippen MR) is 140 cm³/mol. The number of ether oxygens (including phenoxy) is 1. The second-order valence-corrected chi connectivity index (χ2v) is 11.8. The molecule has 3 heterocycles. The molecule has 0 atom stereocenters. The van der Waals surface area contributed by atoms with Crippen LogP contribution in [-0.4, -0.2) is 55.2 Å². The van der Waals surface area contributed by atoms with Crippen LogP contribution in [-0.2, 0) is 17.5 Å². The molecule has 2 amide bonds. The highest BCUT2D eigenvalue weighted by Crippen LogP contribution is 2.55.